The standard InChI is InChI=1S/C12H7Cl2F2N3/c13-5-9-10(12(15)16)18-19(11(9)14)8-3-1-2-7(4-8)6-17/h1-4,12H,5H2. The molecular weight excluding hydrogens is 295 g/mol. The van der Waals surface area contributed by atoms with Crippen molar-refractivity contribution in [3.63, 3.8) is 0 Å². The number of nitrogens with zero attached hydrogens (tertiary/aromatic N) is 3. The van der Waals surface area contributed by atoms with E-state index >= 15 is 0 Å². The molecule has 0 radical (unpaired) electrons. The zero-order valence-corrected chi connectivity index (χ0v) is 11.0. The van der Waals surface area contributed by atoms with E-state index in [1.165, 1.54) is 6.07 Å². The Hall–Kier alpha value is -1.64. The zero-order valence-electron chi connectivity index (χ0n) is 9.45. The lowest BCUT2D eigenvalue weighted by molar-refractivity contribution is 0.144. The van der Waals surface area contributed by atoms with Gasteiger partial charge in [0, 0.05) is 5.56 Å². The molecule has 1 aromatic heterocycles. The highest BCUT2D eigenvalue weighted by Crippen LogP contribution is 2.31. The summed E-state index contributed by atoms with van der Waals surface area (Å²) in [5.74, 6) is -0.156. The summed E-state index contributed by atoms with van der Waals surface area (Å²) in [5, 5.41) is 12.6. The maximum absolute atomic E-state index is 12.8. The largest absolute Gasteiger partial charge is 0.282 e. The smallest absolute Gasteiger partial charge is 0.221 e. The number of halogens is 4. The Bertz CT molecular complexity index is 647. The molecule has 0 saturated heterocycles. The maximum Gasteiger partial charge on any atom is 0.282 e. The molecular formula is C12H7Cl2F2N3. The maximum atomic E-state index is 12.8. The van der Waals surface area contributed by atoms with Gasteiger partial charge < -0.3 is 0 Å². The Morgan fingerprint density at radius 2 is 2.16 bits per heavy atom. The molecule has 0 atom stereocenters. The van der Waals surface area contributed by atoms with Crippen LogP contribution in [0.5, 0.6) is 0 Å². The van der Waals surface area contributed by atoms with E-state index < -0.39 is 12.1 Å². The monoisotopic (exact) mass is 301 g/mol. The van der Waals surface area contributed by atoms with Crippen LogP contribution in [0.2, 0.25) is 5.15 Å². The van der Waals surface area contributed by atoms with Crippen molar-refractivity contribution in [3.05, 3.63) is 46.2 Å². The third-order valence-corrected chi connectivity index (χ3v) is 3.17. The molecule has 0 aliphatic rings. The lowest BCUT2D eigenvalue weighted by atomic mass is 10.2. The van der Waals surface area contributed by atoms with Crippen LogP contribution in [0, 0.1) is 11.3 Å². The number of benzene rings is 1. The summed E-state index contributed by atoms with van der Waals surface area (Å²) in [4.78, 5) is 0. The number of aromatic nitrogens is 2. The summed E-state index contributed by atoms with van der Waals surface area (Å²) in [6.45, 7) is 0. The Kier molecular flexibility index (Phi) is 4.03. The molecule has 0 aliphatic carbocycles. The molecule has 0 saturated carbocycles. The van der Waals surface area contributed by atoms with E-state index in [0.717, 1.165) is 4.68 Å². The Labute approximate surface area is 118 Å². The Morgan fingerprint density at radius 1 is 1.42 bits per heavy atom. The third-order valence-electron chi connectivity index (χ3n) is 2.51. The van der Waals surface area contributed by atoms with Crippen LogP contribution in [0.15, 0.2) is 24.3 Å². The summed E-state index contributed by atoms with van der Waals surface area (Å²) in [6, 6.07) is 8.29. The summed E-state index contributed by atoms with van der Waals surface area (Å²) in [7, 11) is 0. The molecule has 2 rings (SSSR count). The second-order valence-corrected chi connectivity index (χ2v) is 4.29. The molecule has 0 fully saturated rings. The molecule has 0 aliphatic heterocycles. The van der Waals surface area contributed by atoms with Gasteiger partial charge in [-0.2, -0.15) is 10.4 Å². The zero-order chi connectivity index (χ0) is 14.0. The van der Waals surface area contributed by atoms with E-state index in [1.54, 1.807) is 18.2 Å². The number of rotatable bonds is 3. The van der Waals surface area contributed by atoms with Gasteiger partial charge in [0.15, 0.2) is 0 Å². The summed E-state index contributed by atoms with van der Waals surface area (Å²) < 4.78 is 26.8. The van der Waals surface area contributed by atoms with Gasteiger partial charge in [0.05, 0.1) is 23.2 Å². The summed E-state index contributed by atoms with van der Waals surface area (Å²) >= 11 is 11.6. The van der Waals surface area contributed by atoms with Gasteiger partial charge >= 0.3 is 0 Å². The summed E-state index contributed by atoms with van der Waals surface area (Å²) in [6.07, 6.45) is -2.76. The fourth-order valence-corrected chi connectivity index (χ4v) is 2.25. The van der Waals surface area contributed by atoms with E-state index in [2.05, 4.69) is 5.10 Å². The fraction of sp³-hybridized carbons (Fsp3) is 0.167. The van der Waals surface area contributed by atoms with E-state index in [4.69, 9.17) is 28.5 Å². The van der Waals surface area contributed by atoms with Gasteiger partial charge in [-0.25, -0.2) is 13.5 Å². The van der Waals surface area contributed by atoms with Crippen molar-refractivity contribution in [2.45, 2.75) is 12.3 Å². The van der Waals surface area contributed by atoms with Gasteiger partial charge in [-0.15, -0.1) is 11.6 Å². The molecule has 2 aromatic rings. The highest BCUT2D eigenvalue weighted by molar-refractivity contribution is 6.31. The van der Waals surface area contributed by atoms with Crippen LogP contribution >= 0.6 is 23.2 Å². The molecule has 0 amide bonds. The molecule has 1 aromatic carbocycles. The number of hydrogen-bond donors (Lipinski definition) is 0. The topological polar surface area (TPSA) is 41.6 Å². The lowest BCUT2D eigenvalue weighted by Crippen LogP contribution is -1.98. The van der Waals surface area contributed by atoms with Crippen molar-refractivity contribution in [3.8, 4) is 11.8 Å². The van der Waals surface area contributed by atoms with Gasteiger partial charge in [-0.1, -0.05) is 17.7 Å². The molecule has 0 N–H and O–H groups in total. The number of nitriles is 1. The molecule has 0 unspecified atom stereocenters. The SMILES string of the molecule is N#Cc1cccc(-n2nc(C(F)F)c(CCl)c2Cl)c1. The van der Waals surface area contributed by atoms with Gasteiger partial charge in [-0.05, 0) is 18.2 Å². The minimum atomic E-state index is -2.76. The molecule has 0 spiro atoms. The highest BCUT2D eigenvalue weighted by Gasteiger charge is 2.23. The predicted molar refractivity (Wildman–Crippen MR) is 67.8 cm³/mol. The van der Waals surface area contributed by atoms with Crippen molar-refractivity contribution in [2.75, 3.05) is 0 Å². The molecule has 98 valence electrons. The van der Waals surface area contributed by atoms with E-state index in [0.29, 0.717) is 11.3 Å². The third kappa shape index (κ3) is 2.55. The quantitative estimate of drug-likeness (QED) is 0.802. The van der Waals surface area contributed by atoms with Gasteiger partial charge in [-0.3, -0.25) is 0 Å². The predicted octanol–water partition coefficient (Wildman–Crippen LogP) is 4.07. The molecule has 1 heterocycles. The minimum Gasteiger partial charge on any atom is -0.221 e. The number of hydrogen-bond acceptors (Lipinski definition) is 2. The van der Waals surface area contributed by atoms with E-state index in [-0.39, 0.29) is 16.6 Å². The first kappa shape index (κ1) is 13.8. The van der Waals surface area contributed by atoms with E-state index in [9.17, 15) is 8.78 Å². The first-order valence-electron chi connectivity index (χ1n) is 5.20. The minimum absolute atomic E-state index is 0.0281. The average molecular weight is 302 g/mol. The van der Waals surface area contributed by atoms with Crippen molar-refractivity contribution in [1.82, 2.24) is 9.78 Å². The molecule has 7 heteroatoms. The van der Waals surface area contributed by atoms with Gasteiger partial charge in [0.2, 0.25) is 0 Å². The average Bonchev–Trinajstić information content (AvgIpc) is 2.76. The van der Waals surface area contributed by atoms with E-state index in [1.807, 2.05) is 6.07 Å². The normalized spacial score (nSPS) is 10.7. The first-order valence-corrected chi connectivity index (χ1v) is 6.11. The van der Waals surface area contributed by atoms with Crippen LogP contribution in [0.1, 0.15) is 23.2 Å². The molecule has 3 nitrogen and oxygen atoms in total. The molecule has 0 bridgehead atoms. The van der Waals surface area contributed by atoms with Crippen LogP contribution in [0.4, 0.5) is 8.78 Å². The van der Waals surface area contributed by atoms with Crippen molar-refractivity contribution >= 4 is 23.2 Å². The van der Waals surface area contributed by atoms with Crippen LogP contribution in [-0.2, 0) is 5.88 Å². The Morgan fingerprint density at radius 3 is 2.68 bits per heavy atom. The van der Waals surface area contributed by atoms with Gasteiger partial charge in [0.25, 0.3) is 6.43 Å². The van der Waals surface area contributed by atoms with Crippen LogP contribution in [0.25, 0.3) is 5.69 Å². The fourth-order valence-electron chi connectivity index (χ4n) is 1.62. The lowest BCUT2D eigenvalue weighted by Gasteiger charge is -2.03. The van der Waals surface area contributed by atoms with Crippen molar-refractivity contribution < 1.29 is 8.78 Å². The van der Waals surface area contributed by atoms with Crippen LogP contribution in [0.3, 0.4) is 0 Å². The second kappa shape index (κ2) is 5.55. The number of alkyl halides is 3. The van der Waals surface area contributed by atoms with Crippen LogP contribution in [-0.4, -0.2) is 9.78 Å². The van der Waals surface area contributed by atoms with Crippen molar-refractivity contribution in [2.24, 2.45) is 0 Å². The van der Waals surface area contributed by atoms with Crippen molar-refractivity contribution in [1.29, 1.82) is 5.26 Å². The summed E-state index contributed by atoms with van der Waals surface area (Å²) in [5.41, 5.74) is 0.473. The highest BCUT2D eigenvalue weighted by atomic mass is 35.5. The first-order chi connectivity index (χ1) is 9.08. The second-order valence-electron chi connectivity index (χ2n) is 3.66. The van der Waals surface area contributed by atoms with Crippen LogP contribution < -0.4 is 0 Å². The Balaban J connectivity index is 2.60. The van der Waals surface area contributed by atoms with Gasteiger partial charge in [0.1, 0.15) is 10.8 Å². The molecule has 19 heavy (non-hydrogen) atoms.